The van der Waals surface area contributed by atoms with Crippen LogP contribution in [0.2, 0.25) is 0 Å². The zero-order valence-corrected chi connectivity index (χ0v) is 12.9. The maximum atomic E-state index is 2.41. The normalized spacial score (nSPS) is 26.3. The number of allylic oxidation sites excluding steroid dienone is 8. The van der Waals surface area contributed by atoms with Crippen LogP contribution in [0.4, 0.5) is 0 Å². The highest BCUT2D eigenvalue weighted by atomic mass is 14.5. The van der Waals surface area contributed by atoms with Crippen LogP contribution in [0.1, 0.15) is 16.7 Å². The van der Waals surface area contributed by atoms with E-state index in [4.69, 9.17) is 0 Å². The molecular formula is C23H18. The highest BCUT2D eigenvalue weighted by molar-refractivity contribution is 5.98. The Morgan fingerprint density at radius 1 is 0.696 bits per heavy atom. The van der Waals surface area contributed by atoms with Crippen LogP contribution in [0.5, 0.6) is 0 Å². The predicted molar refractivity (Wildman–Crippen MR) is 96.7 cm³/mol. The highest BCUT2D eigenvalue weighted by Crippen LogP contribution is 2.58. The number of hydrogen-bond donors (Lipinski definition) is 0. The Morgan fingerprint density at radius 3 is 1.87 bits per heavy atom. The lowest BCUT2D eigenvalue weighted by Crippen LogP contribution is -2.31. The van der Waals surface area contributed by atoms with Crippen LogP contribution in [0.15, 0.2) is 91.1 Å². The SMILES string of the molecule is C1=CC2(Cc3ccccc3)C=CC=C3c4ccccc4C(=C1)C32. The van der Waals surface area contributed by atoms with E-state index < -0.39 is 0 Å². The molecule has 0 heterocycles. The summed E-state index contributed by atoms with van der Waals surface area (Å²) in [4.78, 5) is 0. The molecule has 0 aliphatic heterocycles. The second kappa shape index (κ2) is 4.70. The molecule has 0 saturated heterocycles. The molecule has 5 rings (SSSR count). The van der Waals surface area contributed by atoms with Crippen molar-refractivity contribution < 1.29 is 0 Å². The summed E-state index contributed by atoms with van der Waals surface area (Å²) in [6, 6.07) is 19.7. The second-order valence-corrected chi connectivity index (χ2v) is 6.72. The van der Waals surface area contributed by atoms with E-state index in [0.29, 0.717) is 5.92 Å². The molecule has 0 radical (unpaired) electrons. The lowest BCUT2D eigenvalue weighted by atomic mass is 9.63. The molecule has 0 amide bonds. The summed E-state index contributed by atoms with van der Waals surface area (Å²) in [6.45, 7) is 0. The van der Waals surface area contributed by atoms with Crippen molar-refractivity contribution in [3.63, 3.8) is 0 Å². The van der Waals surface area contributed by atoms with Crippen molar-refractivity contribution in [3.05, 3.63) is 108 Å². The summed E-state index contributed by atoms with van der Waals surface area (Å²) in [5, 5.41) is 0. The molecule has 0 fully saturated rings. The molecular weight excluding hydrogens is 276 g/mol. The second-order valence-electron chi connectivity index (χ2n) is 6.72. The Hall–Kier alpha value is -2.60. The Kier molecular flexibility index (Phi) is 2.63. The van der Waals surface area contributed by atoms with Gasteiger partial charge in [-0.25, -0.2) is 0 Å². The van der Waals surface area contributed by atoms with Crippen LogP contribution in [-0.4, -0.2) is 0 Å². The van der Waals surface area contributed by atoms with Gasteiger partial charge in [-0.2, -0.15) is 0 Å². The first-order chi connectivity index (χ1) is 11.4. The molecule has 0 nitrogen and oxygen atoms in total. The van der Waals surface area contributed by atoms with Gasteiger partial charge in [0.05, 0.1) is 0 Å². The van der Waals surface area contributed by atoms with E-state index in [1.54, 1.807) is 0 Å². The van der Waals surface area contributed by atoms with Gasteiger partial charge >= 0.3 is 0 Å². The first-order valence-corrected chi connectivity index (χ1v) is 8.30. The van der Waals surface area contributed by atoms with Gasteiger partial charge in [0, 0.05) is 11.3 Å². The molecule has 0 bridgehead atoms. The summed E-state index contributed by atoms with van der Waals surface area (Å²) >= 11 is 0. The van der Waals surface area contributed by atoms with E-state index in [-0.39, 0.29) is 5.41 Å². The lowest BCUT2D eigenvalue weighted by molar-refractivity contribution is 0.428. The quantitative estimate of drug-likeness (QED) is 0.690. The average Bonchev–Trinajstić information content (AvgIpc) is 2.93. The first-order valence-electron chi connectivity index (χ1n) is 8.30. The summed E-state index contributed by atoms with van der Waals surface area (Å²) in [7, 11) is 0. The average molecular weight is 294 g/mol. The van der Waals surface area contributed by atoms with Crippen LogP contribution in [-0.2, 0) is 6.42 Å². The van der Waals surface area contributed by atoms with Crippen LogP contribution in [0.25, 0.3) is 11.1 Å². The van der Waals surface area contributed by atoms with E-state index >= 15 is 0 Å². The van der Waals surface area contributed by atoms with Gasteiger partial charge in [-0.15, -0.1) is 0 Å². The molecule has 2 aromatic rings. The Bertz CT molecular complexity index is 840. The van der Waals surface area contributed by atoms with Gasteiger partial charge < -0.3 is 0 Å². The van der Waals surface area contributed by atoms with E-state index in [1.165, 1.54) is 27.8 Å². The minimum Gasteiger partial charge on any atom is -0.0733 e. The third kappa shape index (κ3) is 1.78. The van der Waals surface area contributed by atoms with Crippen LogP contribution < -0.4 is 0 Å². The van der Waals surface area contributed by atoms with E-state index in [1.807, 2.05) is 0 Å². The molecule has 0 atom stereocenters. The lowest BCUT2D eigenvalue weighted by Gasteiger charge is -2.39. The van der Waals surface area contributed by atoms with Crippen molar-refractivity contribution in [3.8, 4) is 0 Å². The zero-order chi connectivity index (χ0) is 15.3. The molecule has 0 saturated carbocycles. The summed E-state index contributed by atoms with van der Waals surface area (Å²) in [6.07, 6.45) is 15.0. The molecule has 0 N–H and O–H groups in total. The minimum absolute atomic E-state index is 0.0640. The number of benzene rings is 2. The topological polar surface area (TPSA) is 0 Å². The zero-order valence-electron chi connectivity index (χ0n) is 12.9. The summed E-state index contributed by atoms with van der Waals surface area (Å²) in [5.41, 5.74) is 7.25. The Morgan fingerprint density at radius 2 is 1.26 bits per heavy atom. The highest BCUT2D eigenvalue weighted by Gasteiger charge is 2.46. The van der Waals surface area contributed by atoms with Crippen LogP contribution in [0, 0.1) is 11.3 Å². The maximum Gasteiger partial charge on any atom is 0.0231 e. The van der Waals surface area contributed by atoms with Crippen molar-refractivity contribution in [2.75, 3.05) is 0 Å². The third-order valence-corrected chi connectivity index (χ3v) is 5.43. The standard InChI is InChI=1S/C23H18/c1-2-8-17(9-3-1)16-23-14-6-12-20-18-10-4-5-11-19(18)21(22(20)23)13-7-15-23/h1-15,22H,16H2. The van der Waals surface area contributed by atoms with Crippen molar-refractivity contribution >= 4 is 11.1 Å². The number of rotatable bonds is 2. The fraction of sp³-hybridized carbons (Fsp3) is 0.130. The third-order valence-electron chi connectivity index (χ3n) is 5.43. The van der Waals surface area contributed by atoms with Crippen LogP contribution in [0.3, 0.4) is 0 Å². The molecule has 0 unspecified atom stereocenters. The van der Waals surface area contributed by atoms with E-state index in [9.17, 15) is 0 Å². The molecule has 0 spiro atoms. The largest absolute Gasteiger partial charge is 0.0733 e. The van der Waals surface area contributed by atoms with Crippen molar-refractivity contribution in [1.82, 2.24) is 0 Å². The van der Waals surface area contributed by atoms with Crippen molar-refractivity contribution in [2.45, 2.75) is 6.42 Å². The molecule has 0 aromatic heterocycles. The molecule has 3 aliphatic carbocycles. The smallest absolute Gasteiger partial charge is 0.0231 e. The van der Waals surface area contributed by atoms with Crippen LogP contribution >= 0.6 is 0 Å². The van der Waals surface area contributed by atoms with Gasteiger partial charge in [0.15, 0.2) is 0 Å². The fourth-order valence-electron chi connectivity index (χ4n) is 4.50. The van der Waals surface area contributed by atoms with Gasteiger partial charge in [-0.05, 0) is 34.3 Å². The van der Waals surface area contributed by atoms with Gasteiger partial charge in [-0.3, -0.25) is 0 Å². The van der Waals surface area contributed by atoms with Gasteiger partial charge in [0.25, 0.3) is 0 Å². The first kappa shape index (κ1) is 12.9. The van der Waals surface area contributed by atoms with E-state index in [2.05, 4.69) is 91.1 Å². The molecule has 2 aromatic carbocycles. The molecule has 0 heteroatoms. The van der Waals surface area contributed by atoms with E-state index in [0.717, 1.165) is 6.42 Å². The minimum atomic E-state index is 0.0640. The number of hydrogen-bond acceptors (Lipinski definition) is 0. The van der Waals surface area contributed by atoms with Gasteiger partial charge in [0.2, 0.25) is 0 Å². The predicted octanol–water partition coefficient (Wildman–Crippen LogP) is 5.45. The number of fused-ring (bicyclic) bond motifs is 3. The molecule has 23 heavy (non-hydrogen) atoms. The monoisotopic (exact) mass is 294 g/mol. The Labute approximate surface area is 137 Å². The molecule has 110 valence electrons. The fourth-order valence-corrected chi connectivity index (χ4v) is 4.50. The summed E-state index contributed by atoms with van der Waals surface area (Å²) < 4.78 is 0. The Balaban J connectivity index is 1.67. The van der Waals surface area contributed by atoms with Gasteiger partial charge in [-0.1, -0.05) is 91.1 Å². The maximum absolute atomic E-state index is 2.41. The van der Waals surface area contributed by atoms with Gasteiger partial charge in [0.1, 0.15) is 0 Å². The van der Waals surface area contributed by atoms with Crippen molar-refractivity contribution in [2.24, 2.45) is 11.3 Å². The summed E-state index contributed by atoms with van der Waals surface area (Å²) in [5.74, 6) is 0.454. The molecule has 3 aliphatic rings. The van der Waals surface area contributed by atoms with Crippen molar-refractivity contribution in [1.29, 1.82) is 0 Å².